The number of benzene rings is 1. The van der Waals surface area contributed by atoms with Crippen LogP contribution in [0, 0.1) is 6.92 Å². The summed E-state index contributed by atoms with van der Waals surface area (Å²) in [6.45, 7) is 5.11. The van der Waals surface area contributed by atoms with Gasteiger partial charge in [0.25, 0.3) is 5.91 Å². The number of ether oxygens (including phenoxy) is 1. The molecular weight excluding hydrogens is 306 g/mol. The first-order valence-corrected chi connectivity index (χ1v) is 8.10. The molecule has 5 heteroatoms. The van der Waals surface area contributed by atoms with E-state index in [0.717, 1.165) is 28.3 Å². The molecule has 21 heavy (non-hydrogen) atoms. The highest BCUT2D eigenvalue weighted by Crippen LogP contribution is 2.22. The molecule has 0 unspecified atom stereocenters. The van der Waals surface area contributed by atoms with Crippen molar-refractivity contribution in [3.8, 4) is 5.75 Å². The molecule has 0 saturated carbocycles. The minimum atomic E-state index is -0.0181. The van der Waals surface area contributed by atoms with Crippen molar-refractivity contribution >= 4 is 28.8 Å². The Morgan fingerprint density at radius 2 is 2.19 bits per heavy atom. The first-order valence-electron chi connectivity index (χ1n) is 6.84. The zero-order chi connectivity index (χ0) is 15.2. The minimum absolute atomic E-state index is 0.0181. The van der Waals surface area contributed by atoms with E-state index in [1.54, 1.807) is 0 Å². The summed E-state index contributed by atoms with van der Waals surface area (Å²) in [5, 5.41) is 5.54. The van der Waals surface area contributed by atoms with Crippen molar-refractivity contribution in [1.29, 1.82) is 0 Å². The Labute approximate surface area is 133 Å². The average molecular weight is 324 g/mol. The number of aryl methyl sites for hydroxylation is 1. The number of hydrogen-bond donors (Lipinski definition) is 1. The fourth-order valence-corrected chi connectivity index (χ4v) is 2.70. The fourth-order valence-electron chi connectivity index (χ4n) is 1.77. The van der Waals surface area contributed by atoms with E-state index in [0.29, 0.717) is 18.0 Å². The third-order valence-corrected chi connectivity index (χ3v) is 4.35. The molecule has 0 aliphatic rings. The number of amides is 1. The number of hydrogen-bond acceptors (Lipinski definition) is 3. The van der Waals surface area contributed by atoms with Gasteiger partial charge in [-0.2, -0.15) is 0 Å². The Balaban J connectivity index is 1.93. The van der Waals surface area contributed by atoms with Gasteiger partial charge in [-0.25, -0.2) is 0 Å². The highest BCUT2D eigenvalue weighted by molar-refractivity contribution is 7.12. The van der Waals surface area contributed by atoms with Crippen LogP contribution in [0.5, 0.6) is 5.75 Å². The number of nitrogens with one attached hydrogen (secondary N) is 1. The van der Waals surface area contributed by atoms with Gasteiger partial charge in [0.1, 0.15) is 12.4 Å². The standard InChI is InChI=1S/C16H18ClNO2S/c1-3-6-18-16(19)15-8-12(10-21-15)9-20-13-4-5-14(17)11(2)7-13/h4-5,7-8,10H,3,6,9H2,1-2H3,(H,18,19). The van der Waals surface area contributed by atoms with Gasteiger partial charge in [0.15, 0.2) is 0 Å². The SMILES string of the molecule is CCCNC(=O)c1cc(COc2ccc(Cl)c(C)c2)cs1. The first-order chi connectivity index (χ1) is 10.1. The van der Waals surface area contributed by atoms with Crippen molar-refractivity contribution in [2.45, 2.75) is 26.9 Å². The molecule has 112 valence electrons. The van der Waals surface area contributed by atoms with E-state index < -0.39 is 0 Å². The van der Waals surface area contributed by atoms with Crippen LogP contribution in [0.2, 0.25) is 5.02 Å². The summed E-state index contributed by atoms with van der Waals surface area (Å²) >= 11 is 7.41. The van der Waals surface area contributed by atoms with E-state index in [-0.39, 0.29) is 5.91 Å². The number of rotatable bonds is 6. The lowest BCUT2D eigenvalue weighted by Gasteiger charge is -2.06. The van der Waals surface area contributed by atoms with Crippen LogP contribution in [0.15, 0.2) is 29.6 Å². The van der Waals surface area contributed by atoms with Crippen LogP contribution in [0.4, 0.5) is 0 Å². The highest BCUT2D eigenvalue weighted by Gasteiger charge is 2.08. The first kappa shape index (κ1) is 15.9. The van der Waals surface area contributed by atoms with Crippen molar-refractivity contribution in [2.75, 3.05) is 6.54 Å². The molecule has 1 N–H and O–H groups in total. The van der Waals surface area contributed by atoms with Crippen LogP contribution < -0.4 is 10.1 Å². The fraction of sp³-hybridized carbons (Fsp3) is 0.312. The topological polar surface area (TPSA) is 38.3 Å². The van der Waals surface area contributed by atoms with Crippen molar-refractivity contribution in [2.24, 2.45) is 0 Å². The zero-order valence-corrected chi connectivity index (χ0v) is 13.7. The molecule has 0 fully saturated rings. The third kappa shape index (κ3) is 4.48. The van der Waals surface area contributed by atoms with E-state index in [9.17, 15) is 4.79 Å². The molecule has 0 aliphatic carbocycles. The smallest absolute Gasteiger partial charge is 0.261 e. The van der Waals surface area contributed by atoms with Gasteiger partial charge in [-0.15, -0.1) is 11.3 Å². The molecule has 1 aromatic heterocycles. The summed E-state index contributed by atoms with van der Waals surface area (Å²) in [4.78, 5) is 12.5. The van der Waals surface area contributed by atoms with Gasteiger partial charge >= 0.3 is 0 Å². The lowest BCUT2D eigenvalue weighted by molar-refractivity contribution is 0.0957. The van der Waals surface area contributed by atoms with E-state index >= 15 is 0 Å². The molecule has 2 aromatic rings. The summed E-state index contributed by atoms with van der Waals surface area (Å²) in [6.07, 6.45) is 0.934. The van der Waals surface area contributed by atoms with Crippen LogP contribution in [-0.4, -0.2) is 12.5 Å². The molecule has 3 nitrogen and oxygen atoms in total. The van der Waals surface area contributed by atoms with Crippen LogP contribution in [0.1, 0.15) is 34.1 Å². The molecule has 0 saturated heterocycles. The van der Waals surface area contributed by atoms with E-state index in [2.05, 4.69) is 5.32 Å². The lowest BCUT2D eigenvalue weighted by Crippen LogP contribution is -2.22. The van der Waals surface area contributed by atoms with Crippen LogP contribution >= 0.6 is 22.9 Å². The van der Waals surface area contributed by atoms with E-state index in [4.69, 9.17) is 16.3 Å². The summed E-state index contributed by atoms with van der Waals surface area (Å²) in [7, 11) is 0. The summed E-state index contributed by atoms with van der Waals surface area (Å²) < 4.78 is 5.72. The normalized spacial score (nSPS) is 10.4. The maximum atomic E-state index is 11.8. The van der Waals surface area contributed by atoms with Gasteiger partial charge in [-0.05, 0) is 48.6 Å². The average Bonchev–Trinajstić information content (AvgIpc) is 2.95. The van der Waals surface area contributed by atoms with Gasteiger partial charge in [0.05, 0.1) is 4.88 Å². The zero-order valence-electron chi connectivity index (χ0n) is 12.1. The molecule has 0 spiro atoms. The lowest BCUT2D eigenvalue weighted by atomic mass is 10.2. The predicted octanol–water partition coefficient (Wildman–Crippen LogP) is 4.43. The van der Waals surface area contributed by atoms with Crippen LogP contribution in [0.3, 0.4) is 0 Å². The van der Waals surface area contributed by atoms with Crippen molar-refractivity contribution in [3.63, 3.8) is 0 Å². The highest BCUT2D eigenvalue weighted by atomic mass is 35.5. The third-order valence-electron chi connectivity index (χ3n) is 2.95. The van der Waals surface area contributed by atoms with E-state index in [1.165, 1.54) is 11.3 Å². The minimum Gasteiger partial charge on any atom is -0.489 e. The van der Waals surface area contributed by atoms with Gasteiger partial charge < -0.3 is 10.1 Å². The molecule has 1 heterocycles. The van der Waals surface area contributed by atoms with Crippen LogP contribution in [-0.2, 0) is 6.61 Å². The van der Waals surface area contributed by atoms with Gasteiger partial charge in [0, 0.05) is 17.1 Å². The predicted molar refractivity (Wildman–Crippen MR) is 87.5 cm³/mol. The maximum Gasteiger partial charge on any atom is 0.261 e. The molecule has 1 aromatic carbocycles. The Morgan fingerprint density at radius 1 is 1.38 bits per heavy atom. The largest absolute Gasteiger partial charge is 0.489 e. The van der Waals surface area contributed by atoms with Crippen molar-refractivity contribution < 1.29 is 9.53 Å². The second-order valence-corrected chi connectivity index (χ2v) is 6.09. The number of thiophene rings is 1. The van der Waals surface area contributed by atoms with Gasteiger partial charge in [-0.1, -0.05) is 18.5 Å². The Kier molecular flexibility index (Phi) is 5.65. The summed E-state index contributed by atoms with van der Waals surface area (Å²) in [5.74, 6) is 0.760. The van der Waals surface area contributed by atoms with Gasteiger partial charge in [0.2, 0.25) is 0 Å². The van der Waals surface area contributed by atoms with Crippen molar-refractivity contribution in [3.05, 3.63) is 50.7 Å². The Morgan fingerprint density at radius 3 is 2.90 bits per heavy atom. The maximum absolute atomic E-state index is 11.8. The van der Waals surface area contributed by atoms with E-state index in [1.807, 2.05) is 43.5 Å². The second-order valence-electron chi connectivity index (χ2n) is 4.77. The Hall–Kier alpha value is -1.52. The molecule has 0 bridgehead atoms. The summed E-state index contributed by atoms with van der Waals surface area (Å²) in [5.41, 5.74) is 1.98. The van der Waals surface area contributed by atoms with Gasteiger partial charge in [-0.3, -0.25) is 4.79 Å². The molecular formula is C16H18ClNO2S. The quantitative estimate of drug-likeness (QED) is 0.854. The monoisotopic (exact) mass is 323 g/mol. The molecule has 0 radical (unpaired) electrons. The number of carbonyl (C=O) groups excluding carboxylic acids is 1. The Bertz CT molecular complexity index is 624. The van der Waals surface area contributed by atoms with Crippen LogP contribution in [0.25, 0.3) is 0 Å². The molecule has 0 aliphatic heterocycles. The molecule has 0 atom stereocenters. The molecule has 2 rings (SSSR count). The van der Waals surface area contributed by atoms with Crippen molar-refractivity contribution in [1.82, 2.24) is 5.32 Å². The molecule has 1 amide bonds. The second kappa shape index (κ2) is 7.48. The summed E-state index contributed by atoms with van der Waals surface area (Å²) in [6, 6.07) is 7.45. The number of halogens is 1. The number of carbonyl (C=O) groups is 1.